The summed E-state index contributed by atoms with van der Waals surface area (Å²) in [6.07, 6.45) is 5.17. The number of rotatable bonds is 11. The average Bonchev–Trinajstić information content (AvgIpc) is 2.58. The molecule has 1 atom stereocenters. The number of unbranched alkanes of at least 4 members (excludes halogenated alkanes) is 2. The highest BCUT2D eigenvalue weighted by atomic mass is 16.5. The third kappa shape index (κ3) is 9.03. The van der Waals surface area contributed by atoms with Gasteiger partial charge in [-0.1, -0.05) is 26.7 Å². The summed E-state index contributed by atoms with van der Waals surface area (Å²) in [4.78, 5) is 25.3. The molecule has 0 amide bonds. The molecule has 0 bridgehead atoms. The first-order valence-corrected chi connectivity index (χ1v) is 8.93. The standard InChI is InChI=1S/C18H31NO5/c1-3-15(2)14-24-18(22)16(13-17(20)21)7-5-4-6-8-19-9-11-23-12-10-19/h13,15H,3-12,14H2,1-2H3,(H,20,21)/b16-13+. The predicted molar refractivity (Wildman–Crippen MR) is 91.9 cm³/mol. The Hall–Kier alpha value is -1.40. The van der Waals surface area contributed by atoms with Gasteiger partial charge in [0.1, 0.15) is 0 Å². The largest absolute Gasteiger partial charge is 0.478 e. The van der Waals surface area contributed by atoms with Gasteiger partial charge in [0.2, 0.25) is 0 Å². The van der Waals surface area contributed by atoms with Crippen molar-refractivity contribution >= 4 is 11.9 Å². The summed E-state index contributed by atoms with van der Waals surface area (Å²) in [5, 5.41) is 8.93. The molecule has 0 saturated carbocycles. The highest BCUT2D eigenvalue weighted by Crippen LogP contribution is 2.13. The quantitative estimate of drug-likeness (QED) is 0.353. The zero-order chi connectivity index (χ0) is 17.8. The topological polar surface area (TPSA) is 76.1 Å². The van der Waals surface area contributed by atoms with Crippen molar-refractivity contribution in [2.24, 2.45) is 5.92 Å². The van der Waals surface area contributed by atoms with Crippen LogP contribution >= 0.6 is 0 Å². The Bertz CT molecular complexity index is 416. The molecule has 24 heavy (non-hydrogen) atoms. The van der Waals surface area contributed by atoms with E-state index in [0.717, 1.165) is 64.6 Å². The van der Waals surface area contributed by atoms with Gasteiger partial charge in [0.15, 0.2) is 0 Å². The van der Waals surface area contributed by atoms with E-state index in [9.17, 15) is 9.59 Å². The smallest absolute Gasteiger partial charge is 0.334 e. The van der Waals surface area contributed by atoms with Gasteiger partial charge in [-0.25, -0.2) is 9.59 Å². The van der Waals surface area contributed by atoms with Gasteiger partial charge in [0.05, 0.1) is 19.8 Å². The summed E-state index contributed by atoms with van der Waals surface area (Å²) < 4.78 is 10.5. The second kappa shape index (κ2) is 12.0. The number of hydrogen-bond donors (Lipinski definition) is 1. The number of carboxylic acid groups (broad SMARTS) is 1. The van der Waals surface area contributed by atoms with Crippen LogP contribution in [0.5, 0.6) is 0 Å². The fourth-order valence-corrected chi connectivity index (χ4v) is 2.46. The molecule has 0 radical (unpaired) electrons. The SMILES string of the molecule is CCC(C)COC(=O)/C(=C/C(=O)O)CCCCCN1CCOCC1. The first-order valence-electron chi connectivity index (χ1n) is 8.93. The lowest BCUT2D eigenvalue weighted by Crippen LogP contribution is -2.36. The number of ether oxygens (including phenoxy) is 2. The number of morpholine rings is 1. The van der Waals surface area contributed by atoms with Crippen LogP contribution in [0.15, 0.2) is 11.6 Å². The van der Waals surface area contributed by atoms with Crippen LogP contribution in [0.1, 0.15) is 46.0 Å². The number of esters is 1. The maximum atomic E-state index is 12.0. The summed E-state index contributed by atoms with van der Waals surface area (Å²) in [5.41, 5.74) is 0.261. The number of hydrogen-bond acceptors (Lipinski definition) is 5. The molecule has 0 aromatic heterocycles. The van der Waals surface area contributed by atoms with E-state index in [1.165, 1.54) is 0 Å². The Morgan fingerprint density at radius 3 is 2.58 bits per heavy atom. The molecule has 6 nitrogen and oxygen atoms in total. The van der Waals surface area contributed by atoms with Crippen molar-refractivity contribution < 1.29 is 24.2 Å². The number of aliphatic carboxylic acids is 1. The lowest BCUT2D eigenvalue weighted by molar-refractivity contribution is -0.141. The molecule has 138 valence electrons. The molecule has 1 fully saturated rings. The number of carbonyl (C=O) groups is 2. The highest BCUT2D eigenvalue weighted by Gasteiger charge is 2.14. The van der Waals surface area contributed by atoms with E-state index in [4.69, 9.17) is 14.6 Å². The third-order valence-corrected chi connectivity index (χ3v) is 4.28. The molecule has 1 heterocycles. The average molecular weight is 341 g/mol. The lowest BCUT2D eigenvalue weighted by Gasteiger charge is -2.26. The molecule has 0 aromatic carbocycles. The van der Waals surface area contributed by atoms with E-state index in [1.807, 2.05) is 13.8 Å². The summed E-state index contributed by atoms with van der Waals surface area (Å²) >= 11 is 0. The van der Waals surface area contributed by atoms with Crippen molar-refractivity contribution in [2.45, 2.75) is 46.0 Å². The van der Waals surface area contributed by atoms with Crippen LogP contribution in [0.4, 0.5) is 0 Å². The van der Waals surface area contributed by atoms with E-state index >= 15 is 0 Å². The molecule has 1 aliphatic rings. The summed E-state index contributed by atoms with van der Waals surface area (Å²) in [7, 11) is 0. The highest BCUT2D eigenvalue weighted by molar-refractivity contribution is 5.95. The Morgan fingerprint density at radius 2 is 1.96 bits per heavy atom. The van der Waals surface area contributed by atoms with Crippen molar-refractivity contribution in [1.82, 2.24) is 4.90 Å². The Balaban J connectivity index is 2.29. The molecule has 1 N–H and O–H groups in total. The normalized spacial score (nSPS) is 17.5. The van der Waals surface area contributed by atoms with Crippen LogP contribution in [0, 0.1) is 5.92 Å². The Labute approximate surface area is 144 Å². The van der Waals surface area contributed by atoms with Gasteiger partial charge in [-0.3, -0.25) is 4.90 Å². The first kappa shape index (κ1) is 20.6. The second-order valence-corrected chi connectivity index (χ2v) is 6.38. The fourth-order valence-electron chi connectivity index (χ4n) is 2.46. The van der Waals surface area contributed by atoms with E-state index in [1.54, 1.807) is 0 Å². The van der Waals surface area contributed by atoms with Crippen LogP contribution in [0.25, 0.3) is 0 Å². The van der Waals surface area contributed by atoms with E-state index in [-0.39, 0.29) is 11.5 Å². The number of carboxylic acids is 1. The zero-order valence-electron chi connectivity index (χ0n) is 15.0. The van der Waals surface area contributed by atoms with Crippen molar-refractivity contribution in [3.8, 4) is 0 Å². The van der Waals surface area contributed by atoms with E-state index < -0.39 is 11.9 Å². The molecule has 0 spiro atoms. The summed E-state index contributed by atoms with van der Waals surface area (Å²) in [6.45, 7) is 8.95. The second-order valence-electron chi connectivity index (χ2n) is 6.38. The van der Waals surface area contributed by atoms with Crippen LogP contribution in [-0.2, 0) is 19.1 Å². The molecule has 1 aliphatic heterocycles. The van der Waals surface area contributed by atoms with Crippen molar-refractivity contribution in [2.75, 3.05) is 39.5 Å². The van der Waals surface area contributed by atoms with Crippen LogP contribution < -0.4 is 0 Å². The molecule has 6 heteroatoms. The maximum Gasteiger partial charge on any atom is 0.334 e. The van der Waals surface area contributed by atoms with Crippen LogP contribution in [0.3, 0.4) is 0 Å². The van der Waals surface area contributed by atoms with Crippen LogP contribution in [0.2, 0.25) is 0 Å². The van der Waals surface area contributed by atoms with Gasteiger partial charge in [0.25, 0.3) is 0 Å². The van der Waals surface area contributed by atoms with Gasteiger partial charge in [-0.15, -0.1) is 0 Å². The fraction of sp³-hybridized carbons (Fsp3) is 0.778. The van der Waals surface area contributed by atoms with Gasteiger partial charge in [-0.05, 0) is 31.7 Å². The molecule has 0 aliphatic carbocycles. The lowest BCUT2D eigenvalue weighted by atomic mass is 10.1. The molecule has 1 rings (SSSR count). The van der Waals surface area contributed by atoms with Gasteiger partial charge < -0.3 is 14.6 Å². The Kier molecular flexibility index (Phi) is 10.4. The molecule has 1 unspecified atom stereocenters. The first-order chi connectivity index (χ1) is 11.5. The minimum absolute atomic E-state index is 0.261. The molecular weight excluding hydrogens is 310 g/mol. The van der Waals surface area contributed by atoms with Crippen LogP contribution in [-0.4, -0.2) is 61.4 Å². The zero-order valence-corrected chi connectivity index (χ0v) is 15.0. The predicted octanol–water partition coefficient (Wildman–Crippen LogP) is 2.48. The molecular formula is C18H31NO5. The summed E-state index contributed by atoms with van der Waals surface area (Å²) in [6, 6.07) is 0. The minimum Gasteiger partial charge on any atom is -0.478 e. The van der Waals surface area contributed by atoms with Crippen molar-refractivity contribution in [3.63, 3.8) is 0 Å². The summed E-state index contributed by atoms with van der Waals surface area (Å²) in [5.74, 6) is -1.31. The van der Waals surface area contributed by atoms with Gasteiger partial charge in [0, 0.05) is 24.7 Å². The Morgan fingerprint density at radius 1 is 1.25 bits per heavy atom. The van der Waals surface area contributed by atoms with Gasteiger partial charge in [-0.2, -0.15) is 0 Å². The number of carbonyl (C=O) groups excluding carboxylic acids is 1. The monoisotopic (exact) mass is 341 g/mol. The number of nitrogens with zero attached hydrogens (tertiary/aromatic N) is 1. The third-order valence-electron chi connectivity index (χ3n) is 4.28. The van der Waals surface area contributed by atoms with E-state index in [0.29, 0.717) is 13.0 Å². The molecule has 1 saturated heterocycles. The maximum absolute atomic E-state index is 12.0. The molecule has 0 aromatic rings. The van der Waals surface area contributed by atoms with Crippen molar-refractivity contribution in [1.29, 1.82) is 0 Å². The van der Waals surface area contributed by atoms with E-state index in [2.05, 4.69) is 4.90 Å². The van der Waals surface area contributed by atoms with Crippen molar-refractivity contribution in [3.05, 3.63) is 11.6 Å². The minimum atomic E-state index is -1.10. The van der Waals surface area contributed by atoms with Gasteiger partial charge >= 0.3 is 11.9 Å².